The van der Waals surface area contributed by atoms with Crippen molar-refractivity contribution in [2.75, 3.05) is 39.4 Å². The zero-order valence-corrected chi connectivity index (χ0v) is 11.8. The Kier molecular flexibility index (Phi) is 12.8. The molecule has 2 fully saturated rings. The molecule has 6 nitrogen and oxygen atoms in total. The fourth-order valence-corrected chi connectivity index (χ4v) is 1.81. The van der Waals surface area contributed by atoms with E-state index in [0.29, 0.717) is 13.1 Å². The Hall–Kier alpha value is 0.340. The number of rotatable bonds is 2. The minimum absolute atomic E-state index is 0. The molecule has 0 aromatic carbocycles. The molecule has 2 aliphatic heterocycles. The first kappa shape index (κ1) is 20.7. The highest BCUT2D eigenvalue weighted by Gasteiger charge is 2.23. The molecule has 0 amide bonds. The Morgan fingerprint density at radius 3 is 1.17 bits per heavy atom. The highest BCUT2D eigenvalue weighted by Crippen LogP contribution is 2.06. The first-order chi connectivity index (χ1) is 7.69. The second-order valence-corrected chi connectivity index (χ2v) is 4.34. The van der Waals surface area contributed by atoms with Gasteiger partial charge in [-0.3, -0.25) is 0 Å². The van der Waals surface area contributed by atoms with Crippen molar-refractivity contribution in [3.63, 3.8) is 0 Å². The van der Waals surface area contributed by atoms with Crippen LogP contribution in [0.2, 0.25) is 0 Å². The zero-order valence-electron chi connectivity index (χ0n) is 10.2. The van der Waals surface area contributed by atoms with Gasteiger partial charge in [0.15, 0.2) is 0 Å². The largest absolute Gasteiger partial charge is 0.396 e. The number of hydrogen-bond donors (Lipinski definition) is 6. The van der Waals surface area contributed by atoms with Crippen LogP contribution >= 0.6 is 24.8 Å². The average Bonchev–Trinajstić information content (AvgIpc) is 2.87. The van der Waals surface area contributed by atoms with Crippen LogP contribution in [0.15, 0.2) is 0 Å². The van der Waals surface area contributed by atoms with Gasteiger partial charge in [0.05, 0.1) is 12.2 Å². The monoisotopic (exact) mass is 306 g/mol. The van der Waals surface area contributed by atoms with Crippen molar-refractivity contribution in [1.82, 2.24) is 10.6 Å². The van der Waals surface area contributed by atoms with Gasteiger partial charge in [0, 0.05) is 51.2 Å². The highest BCUT2D eigenvalue weighted by atomic mass is 35.5. The molecule has 8 heteroatoms. The lowest BCUT2D eigenvalue weighted by atomic mass is 10.1. The van der Waals surface area contributed by atoms with E-state index in [9.17, 15) is 0 Å². The average molecular weight is 307 g/mol. The molecule has 0 aromatic heterocycles. The molecule has 0 saturated carbocycles. The van der Waals surface area contributed by atoms with E-state index in [1.165, 1.54) is 0 Å². The lowest BCUT2D eigenvalue weighted by Gasteiger charge is -2.06. The molecular formula is C10H24Cl2N2O4. The van der Waals surface area contributed by atoms with Gasteiger partial charge in [0.2, 0.25) is 0 Å². The predicted octanol–water partition coefficient (Wildman–Crippen LogP) is -2.04. The number of aliphatic hydroxyl groups excluding tert-OH is 4. The van der Waals surface area contributed by atoms with Crippen LogP contribution in [-0.4, -0.2) is 72.0 Å². The lowest BCUT2D eigenvalue weighted by molar-refractivity contribution is 0.103. The summed E-state index contributed by atoms with van der Waals surface area (Å²) in [6.45, 7) is 2.94. The van der Waals surface area contributed by atoms with E-state index in [2.05, 4.69) is 10.6 Å². The van der Waals surface area contributed by atoms with Gasteiger partial charge in [0.25, 0.3) is 0 Å². The quantitative estimate of drug-likeness (QED) is 0.351. The SMILES string of the molecule is Cl.Cl.OC[C@@H]1CNC[C@@H]1O.OC[C@H]1CNC[C@H]1O. The fourth-order valence-electron chi connectivity index (χ4n) is 1.81. The van der Waals surface area contributed by atoms with Crippen molar-refractivity contribution in [2.24, 2.45) is 11.8 Å². The normalized spacial score (nSPS) is 34.0. The second kappa shape index (κ2) is 11.2. The van der Waals surface area contributed by atoms with Crippen molar-refractivity contribution in [2.45, 2.75) is 12.2 Å². The number of aliphatic hydroxyl groups is 4. The third-order valence-corrected chi connectivity index (χ3v) is 3.08. The van der Waals surface area contributed by atoms with Crippen LogP contribution in [0.1, 0.15) is 0 Å². The third kappa shape index (κ3) is 6.49. The molecule has 0 unspecified atom stereocenters. The van der Waals surface area contributed by atoms with Gasteiger partial charge >= 0.3 is 0 Å². The molecule has 0 aromatic rings. The predicted molar refractivity (Wildman–Crippen MR) is 73.4 cm³/mol. The van der Waals surface area contributed by atoms with E-state index in [0.717, 1.165) is 13.1 Å². The van der Waals surface area contributed by atoms with Crippen molar-refractivity contribution in [3.05, 3.63) is 0 Å². The Balaban J connectivity index is 0. The van der Waals surface area contributed by atoms with Crippen LogP contribution in [0.4, 0.5) is 0 Å². The van der Waals surface area contributed by atoms with Crippen molar-refractivity contribution < 1.29 is 20.4 Å². The lowest BCUT2D eigenvalue weighted by Crippen LogP contribution is -2.20. The van der Waals surface area contributed by atoms with Gasteiger partial charge in [0.1, 0.15) is 0 Å². The first-order valence-corrected chi connectivity index (χ1v) is 5.68. The molecule has 2 saturated heterocycles. The summed E-state index contributed by atoms with van der Waals surface area (Å²) < 4.78 is 0. The highest BCUT2D eigenvalue weighted by molar-refractivity contribution is 5.85. The van der Waals surface area contributed by atoms with Crippen LogP contribution in [0.5, 0.6) is 0 Å². The Bertz CT molecular complexity index is 183. The van der Waals surface area contributed by atoms with E-state index in [-0.39, 0.29) is 62.1 Å². The van der Waals surface area contributed by atoms with Crippen molar-refractivity contribution in [1.29, 1.82) is 0 Å². The maximum atomic E-state index is 8.97. The molecule has 4 atom stereocenters. The Morgan fingerprint density at radius 1 is 0.722 bits per heavy atom. The van der Waals surface area contributed by atoms with Gasteiger partial charge in [-0.1, -0.05) is 0 Å². The molecule has 112 valence electrons. The molecule has 0 bridgehead atoms. The fraction of sp³-hybridized carbons (Fsp3) is 1.00. The van der Waals surface area contributed by atoms with E-state index < -0.39 is 0 Å². The van der Waals surface area contributed by atoms with Crippen LogP contribution in [0.3, 0.4) is 0 Å². The summed E-state index contributed by atoms with van der Waals surface area (Å²) in [4.78, 5) is 0. The number of nitrogens with one attached hydrogen (secondary N) is 2. The molecular weight excluding hydrogens is 283 g/mol. The summed E-state index contributed by atoms with van der Waals surface area (Å²) in [7, 11) is 0. The van der Waals surface area contributed by atoms with E-state index in [4.69, 9.17) is 20.4 Å². The Morgan fingerprint density at radius 2 is 1.06 bits per heavy atom. The van der Waals surface area contributed by atoms with Gasteiger partial charge in [-0.25, -0.2) is 0 Å². The number of β-amino-alcohol motifs (C(OH)–C–C–N with tert-alkyl or cyclic N) is 2. The zero-order chi connectivity index (χ0) is 12.0. The molecule has 2 heterocycles. The standard InChI is InChI=1S/2C5H11NO2.2ClH/c2*7-3-4-1-6-2-5(4)8;;/h2*4-8H,1-3H2;2*1H/t2*4-,5-;;/m10../s1. The molecule has 0 aliphatic carbocycles. The summed E-state index contributed by atoms with van der Waals surface area (Å²) in [5, 5.41) is 40.9. The minimum Gasteiger partial charge on any atom is -0.396 e. The second-order valence-electron chi connectivity index (χ2n) is 4.34. The van der Waals surface area contributed by atoms with Crippen LogP contribution in [-0.2, 0) is 0 Å². The first-order valence-electron chi connectivity index (χ1n) is 5.68. The molecule has 2 aliphatic rings. The van der Waals surface area contributed by atoms with E-state index >= 15 is 0 Å². The minimum atomic E-state index is -0.333. The topological polar surface area (TPSA) is 105 Å². The van der Waals surface area contributed by atoms with E-state index in [1.807, 2.05) is 0 Å². The van der Waals surface area contributed by atoms with E-state index in [1.54, 1.807) is 0 Å². The summed E-state index contributed by atoms with van der Waals surface area (Å²) >= 11 is 0. The summed E-state index contributed by atoms with van der Waals surface area (Å²) in [6.07, 6.45) is -0.667. The maximum absolute atomic E-state index is 8.97. The molecule has 2 rings (SSSR count). The smallest absolute Gasteiger partial charge is 0.0726 e. The molecule has 0 radical (unpaired) electrons. The molecule has 18 heavy (non-hydrogen) atoms. The van der Waals surface area contributed by atoms with Crippen molar-refractivity contribution in [3.8, 4) is 0 Å². The van der Waals surface area contributed by atoms with Gasteiger partial charge in [-0.2, -0.15) is 0 Å². The third-order valence-electron chi connectivity index (χ3n) is 3.08. The van der Waals surface area contributed by atoms with Gasteiger partial charge in [-0.05, 0) is 0 Å². The van der Waals surface area contributed by atoms with Gasteiger partial charge < -0.3 is 31.1 Å². The molecule has 6 N–H and O–H groups in total. The van der Waals surface area contributed by atoms with Crippen LogP contribution in [0.25, 0.3) is 0 Å². The summed E-state index contributed by atoms with van der Waals surface area (Å²) in [5.74, 6) is 0.130. The number of halogens is 2. The summed E-state index contributed by atoms with van der Waals surface area (Å²) in [5.41, 5.74) is 0. The van der Waals surface area contributed by atoms with Crippen LogP contribution < -0.4 is 10.6 Å². The van der Waals surface area contributed by atoms with Crippen molar-refractivity contribution >= 4 is 24.8 Å². The number of hydrogen-bond acceptors (Lipinski definition) is 6. The maximum Gasteiger partial charge on any atom is 0.0726 e. The molecule has 0 spiro atoms. The summed E-state index contributed by atoms with van der Waals surface area (Å²) in [6, 6.07) is 0. The van der Waals surface area contributed by atoms with Gasteiger partial charge in [-0.15, -0.1) is 24.8 Å². The Labute approximate surface area is 120 Å². The van der Waals surface area contributed by atoms with Crippen LogP contribution in [0, 0.1) is 11.8 Å².